The molecule has 0 saturated heterocycles. The summed E-state index contributed by atoms with van der Waals surface area (Å²) >= 11 is 0. The molecule has 0 unspecified atom stereocenters. The number of fused-ring (bicyclic) bond motifs is 1. The Labute approximate surface area is 204 Å². The molecule has 180 valence electrons. The third kappa shape index (κ3) is 4.66. The van der Waals surface area contributed by atoms with Crippen molar-refractivity contribution in [3.8, 4) is 11.8 Å². The smallest absolute Gasteiger partial charge is 0.306 e. The number of hydrogen-bond acceptors (Lipinski definition) is 4. The molecule has 0 radical (unpaired) electrons. The molecule has 0 bridgehead atoms. The van der Waals surface area contributed by atoms with Crippen molar-refractivity contribution in [1.82, 2.24) is 20.1 Å². The summed E-state index contributed by atoms with van der Waals surface area (Å²) in [6.07, 6.45) is 8.63. The van der Waals surface area contributed by atoms with Crippen LogP contribution in [-0.2, 0) is 4.79 Å². The van der Waals surface area contributed by atoms with Gasteiger partial charge in [-0.25, -0.2) is 0 Å². The number of amides is 1. The summed E-state index contributed by atoms with van der Waals surface area (Å²) in [5, 5.41) is 17.9. The van der Waals surface area contributed by atoms with E-state index in [0.717, 1.165) is 27.7 Å². The number of hydrogen-bond donors (Lipinski definition) is 2. The van der Waals surface area contributed by atoms with Gasteiger partial charge in [0.25, 0.3) is 5.91 Å². The fourth-order valence-corrected chi connectivity index (χ4v) is 5.06. The molecule has 0 aliphatic heterocycles. The standard InChI is InChI=1S/C28H30N4O3/c1-3-4-18-9-13-23(27(33)31-22-11-7-20(8-12-22)28(34)35)26-24(18)16-30-32(26)17(2)21-10-14-25(29-15-21)19-5-6-19/h9-10,13-17,19-20,22H,5-8,11-12H2,1-2H3,(H,31,33)(H,34,35)/t17-,20?,22?/m1/s1. The topological polar surface area (TPSA) is 97.1 Å². The minimum Gasteiger partial charge on any atom is -0.481 e. The largest absolute Gasteiger partial charge is 0.481 e. The number of nitrogens with one attached hydrogen (secondary N) is 1. The van der Waals surface area contributed by atoms with Crippen molar-refractivity contribution in [2.24, 2.45) is 5.92 Å². The first-order chi connectivity index (χ1) is 17.0. The van der Waals surface area contributed by atoms with Crippen LogP contribution in [0.5, 0.6) is 0 Å². The van der Waals surface area contributed by atoms with Crippen LogP contribution in [0.15, 0.2) is 36.7 Å². The van der Waals surface area contributed by atoms with E-state index in [9.17, 15) is 14.7 Å². The predicted octanol–water partition coefficient (Wildman–Crippen LogP) is 4.66. The molecule has 7 heteroatoms. The predicted molar refractivity (Wildman–Crippen MR) is 133 cm³/mol. The number of rotatable bonds is 6. The summed E-state index contributed by atoms with van der Waals surface area (Å²) < 4.78 is 1.89. The Morgan fingerprint density at radius 3 is 2.49 bits per heavy atom. The number of carbonyl (C=O) groups excluding carboxylic acids is 1. The molecular weight excluding hydrogens is 440 g/mol. The summed E-state index contributed by atoms with van der Waals surface area (Å²) in [6, 6.07) is 7.75. The minimum atomic E-state index is -0.748. The summed E-state index contributed by atoms with van der Waals surface area (Å²) in [5.41, 5.74) is 4.31. The molecule has 2 N–H and O–H groups in total. The van der Waals surface area contributed by atoms with Crippen molar-refractivity contribution in [2.45, 2.75) is 70.4 Å². The van der Waals surface area contributed by atoms with Crippen LogP contribution in [0, 0.1) is 17.8 Å². The maximum Gasteiger partial charge on any atom is 0.306 e. The number of aliphatic carboxylic acids is 1. The van der Waals surface area contributed by atoms with Gasteiger partial charge in [0.15, 0.2) is 0 Å². The number of carbonyl (C=O) groups is 2. The van der Waals surface area contributed by atoms with Gasteiger partial charge in [-0.1, -0.05) is 12.0 Å². The lowest BCUT2D eigenvalue weighted by Crippen LogP contribution is -2.39. The molecule has 7 nitrogen and oxygen atoms in total. The Balaban J connectivity index is 1.46. The highest BCUT2D eigenvalue weighted by Crippen LogP contribution is 2.39. The van der Waals surface area contributed by atoms with E-state index in [4.69, 9.17) is 0 Å². The maximum atomic E-state index is 13.4. The molecule has 1 amide bonds. The minimum absolute atomic E-state index is 0.0313. The quantitative estimate of drug-likeness (QED) is 0.511. The van der Waals surface area contributed by atoms with Gasteiger partial charge in [0, 0.05) is 34.8 Å². The van der Waals surface area contributed by atoms with E-state index in [2.05, 4.69) is 46.3 Å². The van der Waals surface area contributed by atoms with Crippen LogP contribution in [0.4, 0.5) is 0 Å². The molecule has 2 saturated carbocycles. The average Bonchev–Trinajstić information content (AvgIpc) is 3.62. The Hall–Kier alpha value is -3.66. The van der Waals surface area contributed by atoms with Crippen LogP contribution < -0.4 is 5.32 Å². The van der Waals surface area contributed by atoms with Crippen molar-refractivity contribution in [3.63, 3.8) is 0 Å². The van der Waals surface area contributed by atoms with Gasteiger partial charge in [-0.05, 0) is 76.1 Å². The molecule has 5 rings (SSSR count). The van der Waals surface area contributed by atoms with E-state index >= 15 is 0 Å². The first-order valence-corrected chi connectivity index (χ1v) is 12.4. The van der Waals surface area contributed by atoms with E-state index in [1.165, 1.54) is 12.8 Å². The highest BCUT2D eigenvalue weighted by atomic mass is 16.4. The monoisotopic (exact) mass is 470 g/mol. The van der Waals surface area contributed by atoms with Crippen molar-refractivity contribution in [3.05, 3.63) is 59.0 Å². The van der Waals surface area contributed by atoms with Crippen LogP contribution >= 0.6 is 0 Å². The molecule has 2 aliphatic rings. The molecule has 3 aromatic rings. The second-order valence-corrected chi connectivity index (χ2v) is 9.71. The van der Waals surface area contributed by atoms with Gasteiger partial charge in [-0.2, -0.15) is 5.10 Å². The second kappa shape index (κ2) is 9.53. The lowest BCUT2D eigenvalue weighted by Gasteiger charge is -2.27. The number of carboxylic acid groups (broad SMARTS) is 1. The number of carboxylic acids is 1. The fourth-order valence-electron chi connectivity index (χ4n) is 5.06. The third-order valence-corrected chi connectivity index (χ3v) is 7.33. The normalized spacial score (nSPS) is 20.6. The number of nitrogens with zero attached hydrogens (tertiary/aromatic N) is 3. The first-order valence-electron chi connectivity index (χ1n) is 12.4. The van der Waals surface area contributed by atoms with E-state index in [1.54, 1.807) is 13.1 Å². The molecule has 0 spiro atoms. The fraction of sp³-hybridized carbons (Fsp3) is 0.429. The van der Waals surface area contributed by atoms with Gasteiger partial charge in [0.1, 0.15) is 0 Å². The molecule has 2 aliphatic carbocycles. The summed E-state index contributed by atoms with van der Waals surface area (Å²) in [6.45, 7) is 3.85. The molecule has 1 aromatic carbocycles. The molecule has 2 aromatic heterocycles. The lowest BCUT2D eigenvalue weighted by molar-refractivity contribution is -0.142. The SMILES string of the molecule is CC#Cc1ccc(C(=O)NC2CCC(C(=O)O)CC2)c2c1cnn2[C@H](C)c1ccc(C2CC2)nc1. The molecule has 2 heterocycles. The van der Waals surface area contributed by atoms with E-state index in [0.29, 0.717) is 37.2 Å². The third-order valence-electron chi connectivity index (χ3n) is 7.33. The lowest BCUT2D eigenvalue weighted by atomic mass is 9.86. The second-order valence-electron chi connectivity index (χ2n) is 9.71. The van der Waals surface area contributed by atoms with Crippen LogP contribution in [-0.4, -0.2) is 37.8 Å². The zero-order valence-corrected chi connectivity index (χ0v) is 20.1. The number of benzene rings is 1. The van der Waals surface area contributed by atoms with Crippen molar-refractivity contribution in [2.75, 3.05) is 0 Å². The van der Waals surface area contributed by atoms with Crippen LogP contribution in [0.1, 0.15) is 91.5 Å². The van der Waals surface area contributed by atoms with Crippen LogP contribution in [0.3, 0.4) is 0 Å². The maximum absolute atomic E-state index is 13.4. The summed E-state index contributed by atoms with van der Waals surface area (Å²) in [7, 11) is 0. The van der Waals surface area contributed by atoms with E-state index in [-0.39, 0.29) is 23.9 Å². The Bertz CT molecular complexity index is 1320. The van der Waals surface area contributed by atoms with Crippen LogP contribution in [0.25, 0.3) is 10.9 Å². The Morgan fingerprint density at radius 2 is 1.86 bits per heavy atom. The van der Waals surface area contributed by atoms with Crippen molar-refractivity contribution in [1.29, 1.82) is 0 Å². The zero-order valence-electron chi connectivity index (χ0n) is 20.1. The van der Waals surface area contributed by atoms with Gasteiger partial charge in [0.05, 0.1) is 29.2 Å². The van der Waals surface area contributed by atoms with Crippen molar-refractivity contribution >= 4 is 22.8 Å². The van der Waals surface area contributed by atoms with Gasteiger partial charge in [-0.3, -0.25) is 19.3 Å². The average molecular weight is 471 g/mol. The highest BCUT2D eigenvalue weighted by Gasteiger charge is 2.28. The molecule has 35 heavy (non-hydrogen) atoms. The van der Waals surface area contributed by atoms with Crippen LogP contribution in [0.2, 0.25) is 0 Å². The first kappa shape index (κ1) is 23.1. The number of pyridine rings is 1. The van der Waals surface area contributed by atoms with Gasteiger partial charge < -0.3 is 10.4 Å². The Kier molecular flexibility index (Phi) is 6.29. The van der Waals surface area contributed by atoms with E-state index < -0.39 is 5.97 Å². The zero-order chi connectivity index (χ0) is 24.5. The van der Waals surface area contributed by atoms with Gasteiger partial charge in [-0.15, -0.1) is 5.92 Å². The molecule has 2 fully saturated rings. The number of aromatic nitrogens is 3. The van der Waals surface area contributed by atoms with Crippen molar-refractivity contribution < 1.29 is 14.7 Å². The van der Waals surface area contributed by atoms with Gasteiger partial charge >= 0.3 is 5.97 Å². The molecular formula is C28H30N4O3. The van der Waals surface area contributed by atoms with Gasteiger partial charge in [0.2, 0.25) is 0 Å². The Morgan fingerprint density at radius 1 is 1.09 bits per heavy atom. The summed E-state index contributed by atoms with van der Waals surface area (Å²) in [5.74, 6) is 5.45. The summed E-state index contributed by atoms with van der Waals surface area (Å²) in [4.78, 5) is 29.4. The van der Waals surface area contributed by atoms with E-state index in [1.807, 2.05) is 23.0 Å². The molecule has 1 atom stereocenters. The highest BCUT2D eigenvalue weighted by molar-refractivity contribution is 6.07.